The Morgan fingerprint density at radius 1 is 1.44 bits per heavy atom. The Balaban J connectivity index is 2.37. The topological polar surface area (TPSA) is 92.4 Å². The van der Waals surface area contributed by atoms with Gasteiger partial charge >= 0.3 is 0 Å². The molecule has 0 aliphatic carbocycles. The number of nitrogens with zero attached hydrogens (tertiary/aromatic N) is 3. The van der Waals surface area contributed by atoms with E-state index in [1.165, 1.54) is 0 Å². The molecule has 0 saturated carbocycles. The van der Waals surface area contributed by atoms with Gasteiger partial charge in [-0.3, -0.25) is 4.84 Å². The molecule has 2 rings (SSSR count). The van der Waals surface area contributed by atoms with Crippen LogP contribution in [-0.2, 0) is 4.84 Å². The summed E-state index contributed by atoms with van der Waals surface area (Å²) < 4.78 is 1.62. The number of aromatic nitrogens is 3. The number of hydroxylamine groups is 1. The summed E-state index contributed by atoms with van der Waals surface area (Å²) in [5.41, 5.74) is 3.71. The van der Waals surface area contributed by atoms with Crippen LogP contribution in [0.3, 0.4) is 0 Å². The Labute approximate surface area is 93.0 Å². The molecule has 3 N–H and O–H groups in total. The van der Waals surface area contributed by atoms with E-state index in [4.69, 9.17) is 4.84 Å². The van der Waals surface area contributed by atoms with Crippen LogP contribution in [0.2, 0.25) is 0 Å². The standard InChI is InChI=1S/C9H16N4O3/c1-5(14)8-9(6(2)15)13(12-11-8)7-3-10-16-4-7/h5-7,10,14-15H,3-4H2,1-2H3/t5?,6?,7-/m0/s1. The molecule has 1 fully saturated rings. The van der Waals surface area contributed by atoms with Crippen molar-refractivity contribution in [3.63, 3.8) is 0 Å². The van der Waals surface area contributed by atoms with Crippen LogP contribution in [0.15, 0.2) is 0 Å². The van der Waals surface area contributed by atoms with Crippen LogP contribution in [0.5, 0.6) is 0 Å². The minimum atomic E-state index is -0.742. The van der Waals surface area contributed by atoms with Crippen molar-refractivity contribution in [3.8, 4) is 0 Å². The van der Waals surface area contributed by atoms with E-state index in [2.05, 4.69) is 15.8 Å². The average Bonchev–Trinajstić information content (AvgIpc) is 2.85. The Morgan fingerprint density at radius 3 is 2.69 bits per heavy atom. The van der Waals surface area contributed by atoms with Crippen molar-refractivity contribution in [2.45, 2.75) is 32.1 Å². The number of aliphatic hydroxyl groups is 2. The zero-order chi connectivity index (χ0) is 11.7. The molecule has 2 heterocycles. The molecule has 16 heavy (non-hydrogen) atoms. The lowest BCUT2D eigenvalue weighted by atomic mass is 10.1. The monoisotopic (exact) mass is 228 g/mol. The van der Waals surface area contributed by atoms with Crippen LogP contribution >= 0.6 is 0 Å². The van der Waals surface area contributed by atoms with Crippen molar-refractivity contribution in [3.05, 3.63) is 11.4 Å². The maximum absolute atomic E-state index is 9.71. The fourth-order valence-electron chi connectivity index (χ4n) is 1.81. The van der Waals surface area contributed by atoms with E-state index in [0.717, 1.165) is 0 Å². The molecule has 2 unspecified atom stereocenters. The number of nitrogens with one attached hydrogen (secondary N) is 1. The fourth-order valence-corrected chi connectivity index (χ4v) is 1.81. The highest BCUT2D eigenvalue weighted by molar-refractivity contribution is 5.16. The summed E-state index contributed by atoms with van der Waals surface area (Å²) in [6.45, 7) is 4.32. The first-order valence-electron chi connectivity index (χ1n) is 5.27. The van der Waals surface area contributed by atoms with Gasteiger partial charge in [-0.15, -0.1) is 5.10 Å². The van der Waals surface area contributed by atoms with Gasteiger partial charge in [0, 0.05) is 6.54 Å². The highest BCUT2D eigenvalue weighted by atomic mass is 16.7. The van der Waals surface area contributed by atoms with Crippen LogP contribution in [0.4, 0.5) is 0 Å². The maximum atomic E-state index is 9.71. The van der Waals surface area contributed by atoms with E-state index in [-0.39, 0.29) is 6.04 Å². The van der Waals surface area contributed by atoms with E-state index >= 15 is 0 Å². The van der Waals surface area contributed by atoms with Crippen LogP contribution in [0.1, 0.15) is 43.5 Å². The number of hydrogen-bond donors (Lipinski definition) is 3. The molecule has 1 aliphatic rings. The second-order valence-corrected chi connectivity index (χ2v) is 3.97. The second kappa shape index (κ2) is 4.46. The molecular weight excluding hydrogens is 212 g/mol. The van der Waals surface area contributed by atoms with E-state index in [0.29, 0.717) is 24.5 Å². The summed E-state index contributed by atoms with van der Waals surface area (Å²) in [7, 11) is 0. The Kier molecular flexibility index (Phi) is 3.20. The third-order valence-electron chi connectivity index (χ3n) is 2.59. The summed E-state index contributed by atoms with van der Waals surface area (Å²) in [6, 6.07) is 0.00426. The van der Waals surface area contributed by atoms with Gasteiger partial charge in [-0.1, -0.05) is 5.21 Å². The number of rotatable bonds is 3. The second-order valence-electron chi connectivity index (χ2n) is 3.97. The lowest BCUT2D eigenvalue weighted by Gasteiger charge is -2.14. The number of hydrogen-bond acceptors (Lipinski definition) is 6. The Hall–Kier alpha value is -1.02. The molecule has 0 amide bonds. The molecule has 1 aromatic rings. The molecule has 0 spiro atoms. The summed E-state index contributed by atoms with van der Waals surface area (Å²) in [6.07, 6.45) is -1.46. The zero-order valence-electron chi connectivity index (χ0n) is 9.29. The highest BCUT2D eigenvalue weighted by Crippen LogP contribution is 2.24. The maximum Gasteiger partial charge on any atom is 0.117 e. The molecule has 0 radical (unpaired) electrons. The predicted octanol–water partition coefficient (Wildman–Crippen LogP) is -0.539. The molecule has 3 atom stereocenters. The van der Waals surface area contributed by atoms with Gasteiger partial charge in [0.25, 0.3) is 0 Å². The van der Waals surface area contributed by atoms with Crippen LogP contribution in [0.25, 0.3) is 0 Å². The molecular formula is C9H16N4O3. The van der Waals surface area contributed by atoms with Crippen molar-refractivity contribution < 1.29 is 15.1 Å². The molecule has 90 valence electrons. The van der Waals surface area contributed by atoms with Crippen molar-refractivity contribution in [1.82, 2.24) is 20.5 Å². The molecule has 1 aliphatic heterocycles. The molecule has 7 heteroatoms. The average molecular weight is 228 g/mol. The normalized spacial score (nSPS) is 24.6. The summed E-state index contributed by atoms with van der Waals surface area (Å²) in [5.74, 6) is 0. The predicted molar refractivity (Wildman–Crippen MR) is 54.3 cm³/mol. The Bertz CT molecular complexity index is 358. The third-order valence-corrected chi connectivity index (χ3v) is 2.59. The molecule has 0 aromatic carbocycles. The minimum absolute atomic E-state index is 0.00426. The SMILES string of the molecule is CC(O)c1nnn([C@H]2CNOC2)c1C(C)O. The van der Waals surface area contributed by atoms with Gasteiger partial charge in [0.1, 0.15) is 5.69 Å². The lowest BCUT2D eigenvalue weighted by molar-refractivity contribution is 0.0956. The van der Waals surface area contributed by atoms with Crippen LogP contribution in [-0.4, -0.2) is 38.4 Å². The summed E-state index contributed by atoms with van der Waals surface area (Å²) in [5, 5.41) is 27.1. The van der Waals surface area contributed by atoms with Gasteiger partial charge in [-0.05, 0) is 13.8 Å². The van der Waals surface area contributed by atoms with E-state index in [9.17, 15) is 10.2 Å². The highest BCUT2D eigenvalue weighted by Gasteiger charge is 2.27. The molecule has 0 bridgehead atoms. The van der Waals surface area contributed by atoms with Crippen LogP contribution < -0.4 is 5.48 Å². The van der Waals surface area contributed by atoms with Crippen molar-refractivity contribution in [2.24, 2.45) is 0 Å². The molecule has 7 nitrogen and oxygen atoms in total. The van der Waals surface area contributed by atoms with E-state index in [1.807, 2.05) is 0 Å². The van der Waals surface area contributed by atoms with Gasteiger partial charge in [-0.25, -0.2) is 10.2 Å². The first-order chi connectivity index (χ1) is 7.61. The van der Waals surface area contributed by atoms with Gasteiger partial charge in [-0.2, -0.15) is 0 Å². The van der Waals surface area contributed by atoms with Gasteiger partial charge in [0.2, 0.25) is 0 Å². The largest absolute Gasteiger partial charge is 0.387 e. The molecule has 1 aromatic heterocycles. The van der Waals surface area contributed by atoms with Crippen molar-refractivity contribution >= 4 is 0 Å². The first kappa shape index (κ1) is 11.5. The van der Waals surface area contributed by atoms with Gasteiger partial charge in [0.15, 0.2) is 0 Å². The fraction of sp³-hybridized carbons (Fsp3) is 0.778. The van der Waals surface area contributed by atoms with E-state index in [1.54, 1.807) is 18.5 Å². The first-order valence-corrected chi connectivity index (χ1v) is 5.27. The smallest absolute Gasteiger partial charge is 0.117 e. The zero-order valence-corrected chi connectivity index (χ0v) is 9.29. The number of aliphatic hydroxyl groups excluding tert-OH is 2. The van der Waals surface area contributed by atoms with E-state index < -0.39 is 12.2 Å². The van der Waals surface area contributed by atoms with Gasteiger partial charge < -0.3 is 10.2 Å². The van der Waals surface area contributed by atoms with Crippen LogP contribution in [0, 0.1) is 0 Å². The summed E-state index contributed by atoms with van der Waals surface area (Å²) >= 11 is 0. The van der Waals surface area contributed by atoms with Crippen molar-refractivity contribution in [1.29, 1.82) is 0 Å². The minimum Gasteiger partial charge on any atom is -0.387 e. The van der Waals surface area contributed by atoms with Crippen molar-refractivity contribution in [2.75, 3.05) is 13.2 Å². The summed E-state index contributed by atoms with van der Waals surface area (Å²) in [4.78, 5) is 5.03. The Morgan fingerprint density at radius 2 is 2.19 bits per heavy atom. The lowest BCUT2D eigenvalue weighted by Crippen LogP contribution is -2.19. The quantitative estimate of drug-likeness (QED) is 0.643. The molecule has 1 saturated heterocycles. The third kappa shape index (κ3) is 1.94. The van der Waals surface area contributed by atoms with Gasteiger partial charge in [0.05, 0.1) is 30.6 Å².